The van der Waals surface area contributed by atoms with Crippen molar-refractivity contribution < 1.29 is 13.9 Å². The highest BCUT2D eigenvalue weighted by atomic mass is 19.1. The first-order chi connectivity index (χ1) is 13.6. The summed E-state index contributed by atoms with van der Waals surface area (Å²) in [5, 5.41) is 12.1. The highest BCUT2D eigenvalue weighted by molar-refractivity contribution is 6.06. The van der Waals surface area contributed by atoms with Gasteiger partial charge in [0.05, 0.1) is 7.11 Å². The van der Waals surface area contributed by atoms with E-state index in [0.29, 0.717) is 24.5 Å². The topological polar surface area (TPSA) is 68.6 Å². The Morgan fingerprint density at radius 2 is 1.75 bits per heavy atom. The molecule has 144 valence electrons. The van der Waals surface area contributed by atoms with Gasteiger partial charge >= 0.3 is 0 Å². The lowest BCUT2D eigenvalue weighted by atomic mass is 10.2. The van der Waals surface area contributed by atoms with Crippen LogP contribution in [0.4, 0.5) is 15.8 Å². The summed E-state index contributed by atoms with van der Waals surface area (Å²) < 4.78 is 18.1. The third kappa shape index (κ3) is 4.80. The van der Waals surface area contributed by atoms with E-state index in [0.717, 1.165) is 18.8 Å². The molecule has 3 rings (SSSR count). The molecule has 0 atom stereocenters. The van der Waals surface area contributed by atoms with Gasteiger partial charge in [-0.1, -0.05) is 0 Å². The Morgan fingerprint density at radius 3 is 2.32 bits per heavy atom. The first kappa shape index (κ1) is 19.2. The van der Waals surface area contributed by atoms with Gasteiger partial charge < -0.3 is 19.9 Å². The number of amides is 1. The van der Waals surface area contributed by atoms with E-state index in [1.807, 2.05) is 11.0 Å². The second kappa shape index (κ2) is 8.91. The lowest BCUT2D eigenvalue weighted by Gasteiger charge is -2.35. The smallest absolute Gasteiger partial charge is 0.267 e. The molecular formula is C21H21FN4O2. The van der Waals surface area contributed by atoms with E-state index in [-0.39, 0.29) is 11.4 Å². The van der Waals surface area contributed by atoms with Gasteiger partial charge in [0.2, 0.25) is 0 Å². The minimum Gasteiger partial charge on any atom is -0.497 e. The summed E-state index contributed by atoms with van der Waals surface area (Å²) in [6, 6.07) is 15.3. The molecule has 28 heavy (non-hydrogen) atoms. The van der Waals surface area contributed by atoms with Crippen LogP contribution in [0.25, 0.3) is 0 Å². The molecule has 1 heterocycles. The molecule has 0 aromatic heterocycles. The number of benzene rings is 2. The fraction of sp³-hybridized carbons (Fsp3) is 0.238. The van der Waals surface area contributed by atoms with Crippen molar-refractivity contribution in [1.82, 2.24) is 4.90 Å². The van der Waals surface area contributed by atoms with Crippen LogP contribution in [0.1, 0.15) is 0 Å². The van der Waals surface area contributed by atoms with Crippen LogP contribution in [-0.2, 0) is 4.79 Å². The molecule has 1 fully saturated rings. The van der Waals surface area contributed by atoms with Crippen molar-refractivity contribution in [1.29, 1.82) is 5.26 Å². The van der Waals surface area contributed by atoms with Crippen LogP contribution in [0, 0.1) is 17.1 Å². The Labute approximate surface area is 163 Å². The highest BCUT2D eigenvalue weighted by Gasteiger charge is 2.18. The van der Waals surface area contributed by atoms with E-state index in [1.54, 1.807) is 49.7 Å². The summed E-state index contributed by atoms with van der Waals surface area (Å²) in [6.45, 7) is 2.78. The van der Waals surface area contributed by atoms with Crippen LogP contribution in [0.5, 0.6) is 5.75 Å². The normalized spacial score (nSPS) is 14.4. The predicted molar refractivity (Wildman–Crippen MR) is 106 cm³/mol. The van der Waals surface area contributed by atoms with Gasteiger partial charge in [0, 0.05) is 43.8 Å². The maximum absolute atomic E-state index is 13.1. The molecule has 1 aliphatic rings. The number of hydrogen-bond donors (Lipinski definition) is 1. The Hall–Kier alpha value is -3.53. The van der Waals surface area contributed by atoms with Gasteiger partial charge in [-0.05, 0) is 48.5 Å². The molecule has 0 unspecified atom stereocenters. The van der Waals surface area contributed by atoms with E-state index in [1.165, 1.54) is 12.1 Å². The molecule has 6 nitrogen and oxygen atoms in total. The van der Waals surface area contributed by atoms with E-state index in [9.17, 15) is 14.4 Å². The molecular weight excluding hydrogens is 359 g/mol. The zero-order valence-electron chi connectivity index (χ0n) is 15.6. The average molecular weight is 380 g/mol. The predicted octanol–water partition coefficient (Wildman–Crippen LogP) is 3.00. The Balaban J connectivity index is 1.59. The summed E-state index contributed by atoms with van der Waals surface area (Å²) in [6.07, 6.45) is 1.60. The zero-order valence-corrected chi connectivity index (χ0v) is 15.6. The lowest BCUT2D eigenvalue weighted by Crippen LogP contribution is -2.44. The first-order valence-corrected chi connectivity index (χ1v) is 8.91. The third-order valence-electron chi connectivity index (χ3n) is 4.53. The van der Waals surface area contributed by atoms with Crippen molar-refractivity contribution in [3.8, 4) is 11.8 Å². The summed E-state index contributed by atoms with van der Waals surface area (Å²) in [5.74, 6) is -0.0199. The molecule has 1 N–H and O–H groups in total. The number of nitrogens with zero attached hydrogens (tertiary/aromatic N) is 3. The van der Waals surface area contributed by atoms with Crippen molar-refractivity contribution in [2.75, 3.05) is 43.5 Å². The van der Waals surface area contributed by atoms with Crippen LogP contribution in [0.3, 0.4) is 0 Å². The van der Waals surface area contributed by atoms with E-state index >= 15 is 0 Å². The third-order valence-corrected chi connectivity index (χ3v) is 4.53. The second-order valence-electron chi connectivity index (χ2n) is 6.34. The molecule has 1 saturated heterocycles. The molecule has 1 aliphatic heterocycles. The summed E-state index contributed by atoms with van der Waals surface area (Å²) in [7, 11) is 1.57. The van der Waals surface area contributed by atoms with Crippen molar-refractivity contribution in [2.45, 2.75) is 0 Å². The number of ether oxygens (including phenoxy) is 1. The van der Waals surface area contributed by atoms with Gasteiger partial charge in [-0.25, -0.2) is 4.39 Å². The molecule has 0 saturated carbocycles. The number of halogens is 1. The van der Waals surface area contributed by atoms with E-state index < -0.39 is 5.91 Å². The molecule has 7 heteroatoms. The molecule has 0 bridgehead atoms. The average Bonchev–Trinajstić information content (AvgIpc) is 2.73. The lowest BCUT2D eigenvalue weighted by molar-refractivity contribution is -0.112. The number of methoxy groups -OCH3 is 1. The monoisotopic (exact) mass is 380 g/mol. The van der Waals surface area contributed by atoms with Crippen LogP contribution in [-0.4, -0.2) is 44.1 Å². The minimum atomic E-state index is -0.450. The van der Waals surface area contributed by atoms with Crippen LogP contribution < -0.4 is 15.0 Å². The van der Waals surface area contributed by atoms with Crippen LogP contribution in [0.2, 0.25) is 0 Å². The number of hydrogen-bond acceptors (Lipinski definition) is 5. The van der Waals surface area contributed by atoms with E-state index in [2.05, 4.69) is 10.2 Å². The molecule has 1 amide bonds. The van der Waals surface area contributed by atoms with Gasteiger partial charge in [0.25, 0.3) is 5.91 Å². The van der Waals surface area contributed by atoms with Gasteiger partial charge in [-0.15, -0.1) is 0 Å². The van der Waals surface area contributed by atoms with Crippen molar-refractivity contribution in [2.24, 2.45) is 0 Å². The Bertz CT molecular complexity index is 880. The van der Waals surface area contributed by atoms with Crippen LogP contribution >= 0.6 is 0 Å². The number of carbonyl (C=O) groups is 1. The number of nitrogens with one attached hydrogen (secondary N) is 1. The maximum atomic E-state index is 13.1. The van der Waals surface area contributed by atoms with Crippen LogP contribution in [0.15, 0.2) is 60.3 Å². The number of carbonyl (C=O) groups excluding carboxylic acids is 1. The fourth-order valence-corrected chi connectivity index (χ4v) is 2.95. The zero-order chi connectivity index (χ0) is 19.9. The standard InChI is InChI=1S/C21H21FN4O2/c1-28-20-8-4-18(5-9-20)24-21(27)16(14-23)15-25-10-12-26(13-11-25)19-6-2-17(22)3-7-19/h2-9,15H,10-13H2,1H3,(H,24,27). The quantitative estimate of drug-likeness (QED) is 0.638. The number of piperazine rings is 1. The molecule has 0 aliphatic carbocycles. The second-order valence-corrected chi connectivity index (χ2v) is 6.34. The van der Waals surface area contributed by atoms with Crippen molar-refractivity contribution in [3.05, 3.63) is 66.1 Å². The van der Waals surface area contributed by atoms with Crippen molar-refractivity contribution in [3.63, 3.8) is 0 Å². The molecule has 0 radical (unpaired) electrons. The summed E-state index contributed by atoms with van der Waals surface area (Å²) >= 11 is 0. The Kier molecular flexibility index (Phi) is 6.12. The van der Waals surface area contributed by atoms with Crippen molar-refractivity contribution >= 4 is 17.3 Å². The fourth-order valence-electron chi connectivity index (χ4n) is 2.95. The number of nitriles is 1. The Morgan fingerprint density at radius 1 is 1.11 bits per heavy atom. The maximum Gasteiger partial charge on any atom is 0.267 e. The molecule has 0 spiro atoms. The summed E-state index contributed by atoms with van der Waals surface area (Å²) in [4.78, 5) is 16.5. The largest absolute Gasteiger partial charge is 0.497 e. The number of rotatable bonds is 5. The van der Waals surface area contributed by atoms with E-state index in [4.69, 9.17) is 4.74 Å². The number of anilines is 2. The summed E-state index contributed by atoms with van der Waals surface area (Å²) in [5.41, 5.74) is 1.60. The first-order valence-electron chi connectivity index (χ1n) is 8.91. The molecule has 2 aromatic rings. The molecule has 2 aromatic carbocycles. The highest BCUT2D eigenvalue weighted by Crippen LogP contribution is 2.18. The van der Waals surface area contributed by atoms with Gasteiger partial charge in [-0.2, -0.15) is 5.26 Å². The minimum absolute atomic E-state index is 0.0473. The SMILES string of the molecule is COc1ccc(NC(=O)C(C#N)=CN2CCN(c3ccc(F)cc3)CC2)cc1. The van der Waals surface area contributed by atoms with Gasteiger partial charge in [0.15, 0.2) is 0 Å². The van der Waals surface area contributed by atoms with Gasteiger partial charge in [-0.3, -0.25) is 4.79 Å². The van der Waals surface area contributed by atoms with Gasteiger partial charge in [0.1, 0.15) is 23.2 Å².